The van der Waals surface area contributed by atoms with Gasteiger partial charge in [-0.1, -0.05) is 37.5 Å². The van der Waals surface area contributed by atoms with Crippen molar-refractivity contribution in [3.05, 3.63) is 35.9 Å². The van der Waals surface area contributed by atoms with E-state index in [1.165, 1.54) is 7.11 Å². The first-order chi connectivity index (χ1) is 11.5. The summed E-state index contributed by atoms with van der Waals surface area (Å²) in [5.41, 5.74) is -0.493. The van der Waals surface area contributed by atoms with E-state index >= 15 is 0 Å². The number of nitrogens with one attached hydrogen (secondary N) is 2. The van der Waals surface area contributed by atoms with Crippen LogP contribution >= 0.6 is 0 Å². The molecule has 2 amide bonds. The fourth-order valence-corrected chi connectivity index (χ4v) is 3.01. The molecule has 1 saturated carbocycles. The predicted octanol–water partition coefficient (Wildman–Crippen LogP) is 1.80. The molecule has 1 aromatic rings. The van der Waals surface area contributed by atoms with Gasteiger partial charge in [0.2, 0.25) is 5.91 Å². The third-order valence-electron chi connectivity index (χ3n) is 4.42. The molecule has 1 atom stereocenters. The van der Waals surface area contributed by atoms with Gasteiger partial charge in [-0.3, -0.25) is 9.59 Å². The molecule has 2 N–H and O–H groups in total. The minimum atomic E-state index is -0.976. The monoisotopic (exact) mass is 332 g/mol. The van der Waals surface area contributed by atoms with Gasteiger partial charge in [-0.15, -0.1) is 0 Å². The van der Waals surface area contributed by atoms with Crippen LogP contribution in [0, 0.1) is 0 Å². The molecule has 1 aliphatic carbocycles. The number of rotatable bonds is 5. The van der Waals surface area contributed by atoms with Crippen molar-refractivity contribution >= 4 is 17.8 Å². The standard InChI is InChI=1S/C18H24N2O4/c1-13(19-16(22)14-9-5-3-6-10-14)15(21)20-18(17(23)24-2)11-7-4-8-12-18/h3,5-6,9-10,13H,4,7-8,11-12H2,1-2H3,(H,19,22)(H,20,21). The molecule has 6 nitrogen and oxygen atoms in total. The molecule has 24 heavy (non-hydrogen) atoms. The largest absolute Gasteiger partial charge is 0.467 e. The Kier molecular flexibility index (Phi) is 5.95. The van der Waals surface area contributed by atoms with E-state index in [1.54, 1.807) is 31.2 Å². The van der Waals surface area contributed by atoms with Crippen LogP contribution in [-0.4, -0.2) is 36.5 Å². The topological polar surface area (TPSA) is 84.5 Å². The summed E-state index contributed by atoms with van der Waals surface area (Å²) in [6.07, 6.45) is 3.88. The number of amides is 2. The van der Waals surface area contributed by atoms with Gasteiger partial charge in [-0.25, -0.2) is 4.79 Å². The average molecular weight is 332 g/mol. The normalized spacial score (nSPS) is 17.4. The van der Waals surface area contributed by atoms with Crippen LogP contribution in [0.3, 0.4) is 0 Å². The van der Waals surface area contributed by atoms with Crippen LogP contribution in [0.4, 0.5) is 0 Å². The first-order valence-electron chi connectivity index (χ1n) is 8.25. The van der Waals surface area contributed by atoms with E-state index < -0.39 is 17.6 Å². The van der Waals surface area contributed by atoms with Crippen LogP contribution in [0.15, 0.2) is 30.3 Å². The Morgan fingerprint density at radius 2 is 1.71 bits per heavy atom. The van der Waals surface area contributed by atoms with E-state index in [9.17, 15) is 14.4 Å². The van der Waals surface area contributed by atoms with Gasteiger partial charge in [0.1, 0.15) is 11.6 Å². The molecule has 6 heteroatoms. The highest BCUT2D eigenvalue weighted by molar-refractivity contribution is 5.98. The second kappa shape index (κ2) is 7.95. The lowest BCUT2D eigenvalue weighted by atomic mass is 9.81. The summed E-state index contributed by atoms with van der Waals surface area (Å²) in [6, 6.07) is 7.94. The molecule has 1 aliphatic rings. The minimum absolute atomic E-state index is 0.325. The summed E-state index contributed by atoms with van der Waals surface area (Å²) in [6.45, 7) is 1.60. The molecule has 2 rings (SSSR count). The Morgan fingerprint density at radius 1 is 1.08 bits per heavy atom. The summed E-state index contributed by atoms with van der Waals surface area (Å²) in [5.74, 6) is -1.13. The molecule has 1 fully saturated rings. The van der Waals surface area contributed by atoms with Crippen molar-refractivity contribution in [1.82, 2.24) is 10.6 Å². The number of hydrogen-bond donors (Lipinski definition) is 2. The van der Waals surface area contributed by atoms with Crippen LogP contribution in [0.2, 0.25) is 0 Å². The summed E-state index contributed by atoms with van der Waals surface area (Å²) >= 11 is 0. The molecule has 1 unspecified atom stereocenters. The first kappa shape index (κ1) is 18.0. The lowest BCUT2D eigenvalue weighted by Crippen LogP contribution is -2.59. The Labute approximate surface area is 142 Å². The fraction of sp³-hybridized carbons (Fsp3) is 0.500. The van der Waals surface area contributed by atoms with E-state index in [-0.39, 0.29) is 11.8 Å². The highest BCUT2D eigenvalue weighted by atomic mass is 16.5. The Morgan fingerprint density at radius 3 is 2.29 bits per heavy atom. The zero-order valence-corrected chi connectivity index (χ0v) is 14.1. The van der Waals surface area contributed by atoms with Crippen molar-refractivity contribution in [2.75, 3.05) is 7.11 Å². The number of carbonyl (C=O) groups excluding carboxylic acids is 3. The van der Waals surface area contributed by atoms with Gasteiger partial charge in [-0.2, -0.15) is 0 Å². The second-order valence-corrected chi connectivity index (χ2v) is 6.18. The van der Waals surface area contributed by atoms with Gasteiger partial charge in [0.15, 0.2) is 0 Å². The van der Waals surface area contributed by atoms with Gasteiger partial charge < -0.3 is 15.4 Å². The number of ether oxygens (including phenoxy) is 1. The van der Waals surface area contributed by atoms with Crippen molar-refractivity contribution in [3.8, 4) is 0 Å². The molecular formula is C18H24N2O4. The number of benzene rings is 1. The third kappa shape index (κ3) is 4.13. The van der Waals surface area contributed by atoms with Gasteiger partial charge in [0.05, 0.1) is 7.11 Å². The molecule has 0 aliphatic heterocycles. The second-order valence-electron chi connectivity index (χ2n) is 6.18. The molecule has 0 saturated heterocycles. The van der Waals surface area contributed by atoms with E-state index in [1.807, 2.05) is 6.07 Å². The van der Waals surface area contributed by atoms with Crippen LogP contribution in [0.1, 0.15) is 49.4 Å². The van der Waals surface area contributed by atoms with Crippen molar-refractivity contribution in [2.45, 2.75) is 50.6 Å². The number of methoxy groups -OCH3 is 1. The smallest absolute Gasteiger partial charge is 0.331 e. The van der Waals surface area contributed by atoms with Gasteiger partial charge in [-0.05, 0) is 31.9 Å². The minimum Gasteiger partial charge on any atom is -0.467 e. The SMILES string of the molecule is COC(=O)C1(NC(=O)C(C)NC(=O)c2ccccc2)CCCCC1. The fourth-order valence-electron chi connectivity index (χ4n) is 3.01. The predicted molar refractivity (Wildman–Crippen MR) is 89.3 cm³/mol. The van der Waals surface area contributed by atoms with E-state index in [0.717, 1.165) is 19.3 Å². The summed E-state index contributed by atoms with van der Waals surface area (Å²) < 4.78 is 4.88. The average Bonchev–Trinajstić information content (AvgIpc) is 2.62. The zero-order valence-electron chi connectivity index (χ0n) is 14.1. The maximum Gasteiger partial charge on any atom is 0.331 e. The van der Waals surface area contributed by atoms with Crippen LogP contribution in [0.5, 0.6) is 0 Å². The molecule has 130 valence electrons. The third-order valence-corrected chi connectivity index (χ3v) is 4.42. The maximum atomic E-state index is 12.5. The molecule has 0 aromatic heterocycles. The molecule has 0 spiro atoms. The Balaban J connectivity index is 2.01. The van der Waals surface area contributed by atoms with Crippen LogP contribution in [0.25, 0.3) is 0 Å². The quantitative estimate of drug-likeness (QED) is 0.805. The van der Waals surface area contributed by atoms with Crippen molar-refractivity contribution in [2.24, 2.45) is 0 Å². The molecule has 0 bridgehead atoms. The van der Waals surface area contributed by atoms with Crippen molar-refractivity contribution in [1.29, 1.82) is 0 Å². The number of hydrogen-bond acceptors (Lipinski definition) is 4. The van der Waals surface area contributed by atoms with Gasteiger partial charge in [0, 0.05) is 5.56 Å². The van der Waals surface area contributed by atoms with E-state index in [0.29, 0.717) is 18.4 Å². The van der Waals surface area contributed by atoms with Gasteiger partial charge in [0.25, 0.3) is 5.91 Å². The zero-order chi connectivity index (χ0) is 17.6. The maximum absolute atomic E-state index is 12.5. The molecule has 0 heterocycles. The summed E-state index contributed by atoms with van der Waals surface area (Å²) in [4.78, 5) is 36.8. The van der Waals surface area contributed by atoms with E-state index in [4.69, 9.17) is 4.74 Å². The Bertz CT molecular complexity index is 594. The number of esters is 1. The van der Waals surface area contributed by atoms with Crippen molar-refractivity contribution in [3.63, 3.8) is 0 Å². The van der Waals surface area contributed by atoms with Crippen LogP contribution in [-0.2, 0) is 14.3 Å². The lowest BCUT2D eigenvalue weighted by molar-refractivity contribution is -0.152. The van der Waals surface area contributed by atoms with Crippen LogP contribution < -0.4 is 10.6 Å². The summed E-state index contributed by atoms with van der Waals surface area (Å²) in [5, 5.41) is 5.47. The number of carbonyl (C=O) groups is 3. The van der Waals surface area contributed by atoms with E-state index in [2.05, 4.69) is 10.6 Å². The molecule has 0 radical (unpaired) electrons. The lowest BCUT2D eigenvalue weighted by Gasteiger charge is -2.36. The first-order valence-corrected chi connectivity index (χ1v) is 8.25. The van der Waals surface area contributed by atoms with Crippen molar-refractivity contribution < 1.29 is 19.1 Å². The molecule has 1 aromatic carbocycles. The highest BCUT2D eigenvalue weighted by Crippen LogP contribution is 2.29. The van der Waals surface area contributed by atoms with Gasteiger partial charge >= 0.3 is 5.97 Å². The highest BCUT2D eigenvalue weighted by Gasteiger charge is 2.42. The molecular weight excluding hydrogens is 308 g/mol. The summed E-state index contributed by atoms with van der Waals surface area (Å²) in [7, 11) is 1.32. The Hall–Kier alpha value is -2.37.